The van der Waals surface area contributed by atoms with Crippen LogP contribution in [0.1, 0.15) is 65.7 Å². The Morgan fingerprint density at radius 1 is 1.26 bits per heavy atom. The van der Waals surface area contributed by atoms with Gasteiger partial charge in [0, 0.05) is 12.6 Å². The molecule has 2 N–H and O–H groups in total. The van der Waals surface area contributed by atoms with Gasteiger partial charge in [-0.3, -0.25) is 4.79 Å². The van der Waals surface area contributed by atoms with Crippen LogP contribution in [0.15, 0.2) is 0 Å². The predicted molar refractivity (Wildman–Crippen MR) is 79.0 cm³/mol. The molecule has 1 heterocycles. The van der Waals surface area contributed by atoms with E-state index in [0.717, 1.165) is 45.2 Å². The lowest BCUT2D eigenvalue weighted by molar-refractivity contribution is -0.133. The van der Waals surface area contributed by atoms with Crippen molar-refractivity contribution >= 4 is 5.91 Å². The summed E-state index contributed by atoms with van der Waals surface area (Å²) in [5.74, 6) is 0.298. The molecule has 3 heteroatoms. The Morgan fingerprint density at radius 2 is 1.95 bits per heavy atom. The molecule has 1 atom stereocenters. The van der Waals surface area contributed by atoms with Crippen LogP contribution in [0.25, 0.3) is 0 Å². The minimum atomic E-state index is -0.148. The summed E-state index contributed by atoms with van der Waals surface area (Å²) in [4.78, 5) is 12.6. The van der Waals surface area contributed by atoms with Gasteiger partial charge >= 0.3 is 0 Å². The first-order valence-electron chi connectivity index (χ1n) is 7.99. The molecule has 1 saturated heterocycles. The van der Waals surface area contributed by atoms with Crippen molar-refractivity contribution in [2.24, 2.45) is 10.8 Å². The van der Waals surface area contributed by atoms with Gasteiger partial charge in [0.05, 0.1) is 5.41 Å². The molecule has 1 aliphatic carbocycles. The fourth-order valence-corrected chi connectivity index (χ4v) is 3.51. The Morgan fingerprint density at radius 3 is 2.47 bits per heavy atom. The number of carbonyl (C=O) groups excluding carboxylic acids is 1. The number of carbonyl (C=O) groups is 1. The molecule has 1 amide bonds. The second-order valence-electron chi connectivity index (χ2n) is 7.33. The molecule has 2 fully saturated rings. The highest BCUT2D eigenvalue weighted by molar-refractivity contribution is 5.83. The van der Waals surface area contributed by atoms with Gasteiger partial charge in [-0.2, -0.15) is 0 Å². The molecule has 2 aliphatic rings. The number of hydrogen-bond acceptors (Lipinski definition) is 2. The lowest BCUT2D eigenvalue weighted by atomic mass is 9.74. The van der Waals surface area contributed by atoms with Crippen LogP contribution in [0.3, 0.4) is 0 Å². The summed E-state index contributed by atoms with van der Waals surface area (Å²) < 4.78 is 0. The van der Waals surface area contributed by atoms with E-state index in [1.165, 1.54) is 12.8 Å². The first-order valence-corrected chi connectivity index (χ1v) is 7.99. The van der Waals surface area contributed by atoms with Crippen molar-refractivity contribution < 1.29 is 4.79 Å². The van der Waals surface area contributed by atoms with Gasteiger partial charge in [0.25, 0.3) is 0 Å². The summed E-state index contributed by atoms with van der Waals surface area (Å²) in [6.45, 7) is 8.74. The summed E-state index contributed by atoms with van der Waals surface area (Å²) in [6, 6.07) is 0.408. The molecule has 1 saturated carbocycles. The van der Waals surface area contributed by atoms with Crippen LogP contribution in [-0.2, 0) is 4.79 Å². The van der Waals surface area contributed by atoms with Crippen molar-refractivity contribution in [2.45, 2.75) is 71.8 Å². The molecular weight excluding hydrogens is 236 g/mol. The van der Waals surface area contributed by atoms with Gasteiger partial charge in [-0.15, -0.1) is 0 Å². The lowest BCUT2D eigenvalue weighted by Gasteiger charge is -2.39. The molecule has 110 valence electrons. The predicted octanol–water partition coefficient (Wildman–Crippen LogP) is 2.85. The molecule has 0 bridgehead atoms. The maximum absolute atomic E-state index is 12.6. The summed E-state index contributed by atoms with van der Waals surface area (Å²) in [5, 5.41) is 6.74. The Kier molecular flexibility index (Phi) is 4.54. The molecule has 3 nitrogen and oxygen atoms in total. The van der Waals surface area contributed by atoms with Crippen LogP contribution < -0.4 is 10.6 Å². The van der Waals surface area contributed by atoms with Crippen molar-refractivity contribution in [2.75, 3.05) is 13.1 Å². The monoisotopic (exact) mass is 266 g/mol. The fraction of sp³-hybridized carbons (Fsp3) is 0.938. The van der Waals surface area contributed by atoms with Gasteiger partial charge in [-0.25, -0.2) is 0 Å². The fourth-order valence-electron chi connectivity index (χ4n) is 3.51. The average Bonchev–Trinajstić information content (AvgIpc) is 2.42. The lowest BCUT2D eigenvalue weighted by Crippen LogP contribution is -2.53. The average molecular weight is 266 g/mol. The largest absolute Gasteiger partial charge is 0.353 e. The van der Waals surface area contributed by atoms with Crippen LogP contribution in [0.4, 0.5) is 0 Å². The van der Waals surface area contributed by atoms with E-state index in [-0.39, 0.29) is 5.41 Å². The van der Waals surface area contributed by atoms with E-state index in [2.05, 4.69) is 31.4 Å². The highest BCUT2D eigenvalue weighted by atomic mass is 16.2. The normalized spacial score (nSPS) is 31.9. The van der Waals surface area contributed by atoms with Crippen LogP contribution in [0.2, 0.25) is 0 Å². The first-order chi connectivity index (χ1) is 8.97. The SMILES string of the molecule is CCC1(C(=O)NC2CCC(C)(C)CC2)CCCNC1. The Hall–Kier alpha value is -0.570. The van der Waals surface area contributed by atoms with Crippen LogP contribution in [-0.4, -0.2) is 25.0 Å². The van der Waals surface area contributed by atoms with Crippen LogP contribution >= 0.6 is 0 Å². The Bertz CT molecular complexity index is 309. The third kappa shape index (κ3) is 3.50. The van der Waals surface area contributed by atoms with Gasteiger partial charge < -0.3 is 10.6 Å². The molecule has 2 rings (SSSR count). The van der Waals surface area contributed by atoms with E-state index in [9.17, 15) is 4.79 Å². The van der Waals surface area contributed by atoms with E-state index in [1.807, 2.05) is 0 Å². The number of amides is 1. The maximum atomic E-state index is 12.6. The molecule has 19 heavy (non-hydrogen) atoms. The van der Waals surface area contributed by atoms with Gasteiger partial charge in [-0.05, 0) is 56.9 Å². The Labute approximate surface area is 117 Å². The molecule has 0 spiro atoms. The van der Waals surface area contributed by atoms with Crippen molar-refractivity contribution in [3.63, 3.8) is 0 Å². The quantitative estimate of drug-likeness (QED) is 0.824. The zero-order valence-electron chi connectivity index (χ0n) is 12.8. The summed E-state index contributed by atoms with van der Waals surface area (Å²) in [7, 11) is 0. The van der Waals surface area contributed by atoms with E-state index in [0.29, 0.717) is 17.4 Å². The smallest absolute Gasteiger partial charge is 0.227 e. The van der Waals surface area contributed by atoms with Gasteiger partial charge in [0.15, 0.2) is 0 Å². The van der Waals surface area contributed by atoms with Crippen molar-refractivity contribution in [3.05, 3.63) is 0 Å². The zero-order valence-corrected chi connectivity index (χ0v) is 12.8. The van der Waals surface area contributed by atoms with E-state index in [4.69, 9.17) is 0 Å². The van der Waals surface area contributed by atoms with Crippen LogP contribution in [0.5, 0.6) is 0 Å². The molecule has 0 radical (unpaired) electrons. The third-order valence-electron chi connectivity index (χ3n) is 5.31. The second kappa shape index (κ2) is 5.82. The topological polar surface area (TPSA) is 41.1 Å². The van der Waals surface area contributed by atoms with Crippen molar-refractivity contribution in [1.29, 1.82) is 0 Å². The van der Waals surface area contributed by atoms with Gasteiger partial charge in [0.1, 0.15) is 0 Å². The highest BCUT2D eigenvalue weighted by Gasteiger charge is 2.39. The molecule has 1 aliphatic heterocycles. The zero-order chi connectivity index (χ0) is 13.9. The van der Waals surface area contributed by atoms with Gasteiger partial charge in [0.2, 0.25) is 5.91 Å². The third-order valence-corrected chi connectivity index (χ3v) is 5.31. The summed E-state index contributed by atoms with van der Waals surface area (Å²) in [5.41, 5.74) is 0.321. The number of piperidine rings is 1. The van der Waals surface area contributed by atoms with Gasteiger partial charge in [-0.1, -0.05) is 20.8 Å². The Balaban J connectivity index is 1.89. The van der Waals surface area contributed by atoms with Crippen molar-refractivity contribution in [1.82, 2.24) is 10.6 Å². The second-order valence-corrected chi connectivity index (χ2v) is 7.33. The number of hydrogen-bond donors (Lipinski definition) is 2. The molecular formula is C16H30N2O. The van der Waals surface area contributed by atoms with E-state index < -0.39 is 0 Å². The standard InChI is InChI=1S/C16H30N2O/c1-4-16(8-5-11-17-12-16)14(19)18-13-6-9-15(2,3)10-7-13/h13,17H,4-12H2,1-3H3,(H,18,19). The van der Waals surface area contributed by atoms with E-state index in [1.54, 1.807) is 0 Å². The minimum absolute atomic E-state index is 0.148. The molecule has 0 aromatic carbocycles. The van der Waals surface area contributed by atoms with Crippen LogP contribution in [0, 0.1) is 10.8 Å². The molecule has 0 aromatic heterocycles. The highest BCUT2D eigenvalue weighted by Crippen LogP contribution is 2.36. The number of rotatable bonds is 3. The molecule has 1 unspecified atom stereocenters. The minimum Gasteiger partial charge on any atom is -0.353 e. The number of nitrogens with one attached hydrogen (secondary N) is 2. The first kappa shape index (κ1) is 14.8. The van der Waals surface area contributed by atoms with Crippen molar-refractivity contribution in [3.8, 4) is 0 Å². The van der Waals surface area contributed by atoms with E-state index >= 15 is 0 Å². The molecule has 0 aromatic rings. The summed E-state index contributed by atoms with van der Waals surface area (Å²) in [6.07, 6.45) is 7.87. The summed E-state index contributed by atoms with van der Waals surface area (Å²) >= 11 is 0. The maximum Gasteiger partial charge on any atom is 0.227 e.